The Kier molecular flexibility index (Phi) is 12.8. The molecule has 1 unspecified atom stereocenters. The third-order valence-electron chi connectivity index (χ3n) is 21.4. The third kappa shape index (κ3) is 8.56. The van der Waals surface area contributed by atoms with Gasteiger partial charge in [-0.15, -0.1) is 0 Å². The van der Waals surface area contributed by atoms with E-state index in [0.717, 1.165) is 49.7 Å². The van der Waals surface area contributed by atoms with Crippen LogP contribution in [0.25, 0.3) is 0 Å². The van der Waals surface area contributed by atoms with Gasteiger partial charge in [0.2, 0.25) is 0 Å². The van der Waals surface area contributed by atoms with E-state index in [1.54, 1.807) is 0 Å². The highest BCUT2D eigenvalue weighted by Gasteiger charge is 2.70. The van der Waals surface area contributed by atoms with Crippen LogP contribution in [-0.2, 0) is 75.8 Å². The minimum Gasteiger partial charge on any atom is -0.459 e. The first-order chi connectivity index (χ1) is 36.6. The summed E-state index contributed by atoms with van der Waals surface area (Å²) in [6.07, 6.45) is 4.05. The van der Waals surface area contributed by atoms with Crippen molar-refractivity contribution in [1.82, 2.24) is 0 Å². The Bertz CT molecular complexity index is 2270. The van der Waals surface area contributed by atoms with Crippen LogP contribution in [0.2, 0.25) is 0 Å². The van der Waals surface area contributed by atoms with Crippen molar-refractivity contribution in [2.75, 3.05) is 6.54 Å². The van der Waals surface area contributed by atoms with Gasteiger partial charge in [0.25, 0.3) is 0 Å². The molecule has 16 aliphatic rings. The van der Waals surface area contributed by atoms with Crippen LogP contribution in [0, 0.1) is 23.7 Å². The fourth-order valence-corrected chi connectivity index (χ4v) is 17.8. The molecule has 16 saturated heterocycles. The van der Waals surface area contributed by atoms with Crippen molar-refractivity contribution in [3.8, 4) is 0 Å². The van der Waals surface area contributed by atoms with Crippen molar-refractivity contribution in [3.63, 3.8) is 0 Å². The molecular formula is C58H83NO17. The number of rotatable bonds is 1. The predicted octanol–water partition coefficient (Wildman–Crippen LogP) is 5.14. The maximum Gasteiger partial charge on any atom is 0.308 e. The van der Waals surface area contributed by atoms with Gasteiger partial charge in [0.1, 0.15) is 36.6 Å². The van der Waals surface area contributed by atoms with E-state index in [1.807, 2.05) is 0 Å². The first-order valence-corrected chi connectivity index (χ1v) is 29.8. The molecule has 16 fully saturated rings. The lowest BCUT2D eigenvalue weighted by Crippen LogP contribution is -2.63. The molecule has 3 N–H and O–H groups in total. The predicted molar refractivity (Wildman–Crippen MR) is 265 cm³/mol. The molecule has 18 nitrogen and oxygen atoms in total. The summed E-state index contributed by atoms with van der Waals surface area (Å²) in [5.41, 5.74) is 8.12. The summed E-state index contributed by atoms with van der Waals surface area (Å²) in [7, 11) is 0. The zero-order valence-electron chi connectivity index (χ0n) is 44.9. The van der Waals surface area contributed by atoms with Crippen LogP contribution >= 0.6 is 0 Å². The second-order valence-electron chi connectivity index (χ2n) is 26.7. The highest BCUT2D eigenvalue weighted by Crippen LogP contribution is 2.57. The SMILES string of the molecule is C=C1CC2CC[C@@]34C[C@H]5O[C@H]6[C@@H](O3)[C@H]3O[C@H](CC[C@@H]3O[C@H]6[C@H]5O4)CC(=O)O[C@@H]3[C@@H](C)[C@@H]4O[C@@H]5C[C@]6(C[C@@H]7O[C@]8(C[C@H](C)[C@@H]9O[C@H](CN)[C@H](O)C[C@@H]9O8)C[C@H](C)[C@@H]7O6)O[C@@H]5C[C@@H]4O[C@H]3C[C@H]3O[C@@H](CC[C@@H]1O2)C[C@@H](C)C3=C. The minimum atomic E-state index is -0.897. The molecule has 76 heavy (non-hydrogen) atoms. The van der Waals surface area contributed by atoms with E-state index < -0.39 is 54.0 Å². The van der Waals surface area contributed by atoms with Crippen molar-refractivity contribution >= 4 is 5.97 Å². The normalized spacial score (nSPS) is 59.3. The summed E-state index contributed by atoms with van der Waals surface area (Å²) in [4.78, 5) is 14.6. The van der Waals surface area contributed by atoms with Gasteiger partial charge < -0.3 is 81.9 Å². The van der Waals surface area contributed by atoms with Gasteiger partial charge in [0.15, 0.2) is 17.4 Å². The van der Waals surface area contributed by atoms with Crippen molar-refractivity contribution in [2.24, 2.45) is 29.4 Å². The van der Waals surface area contributed by atoms with Crippen LogP contribution in [0.1, 0.15) is 137 Å². The fraction of sp³-hybridized carbons (Fsp3) is 0.914. The molecule has 16 heterocycles. The van der Waals surface area contributed by atoms with E-state index in [2.05, 4.69) is 40.9 Å². The van der Waals surface area contributed by atoms with Gasteiger partial charge in [0, 0.05) is 70.3 Å². The summed E-state index contributed by atoms with van der Waals surface area (Å²) in [6.45, 7) is 18.2. The number of carbonyl (C=O) groups is 1. The lowest BCUT2D eigenvalue weighted by molar-refractivity contribution is -0.370. The Labute approximate surface area is 446 Å². The van der Waals surface area contributed by atoms with E-state index >= 15 is 0 Å². The molecule has 0 saturated carbocycles. The number of fused-ring (bicyclic) bond motifs is 10. The number of aliphatic hydroxyl groups excluding tert-OH is 1. The van der Waals surface area contributed by atoms with Gasteiger partial charge in [-0.1, -0.05) is 40.9 Å². The molecule has 0 radical (unpaired) electrons. The van der Waals surface area contributed by atoms with Crippen molar-refractivity contribution in [2.45, 2.75) is 301 Å². The number of hydrogen-bond acceptors (Lipinski definition) is 18. The molecule has 31 atom stereocenters. The van der Waals surface area contributed by atoms with Crippen molar-refractivity contribution in [3.05, 3.63) is 24.3 Å². The van der Waals surface area contributed by atoms with Crippen LogP contribution in [0.15, 0.2) is 24.3 Å². The fourth-order valence-electron chi connectivity index (χ4n) is 17.8. The molecule has 0 aromatic heterocycles. The van der Waals surface area contributed by atoms with Crippen LogP contribution in [0.4, 0.5) is 0 Å². The molecule has 16 rings (SSSR count). The maximum absolute atomic E-state index is 14.6. The van der Waals surface area contributed by atoms with Gasteiger partial charge in [0.05, 0.1) is 116 Å². The van der Waals surface area contributed by atoms with Gasteiger partial charge >= 0.3 is 5.97 Å². The first kappa shape index (κ1) is 51.2. The molecule has 0 amide bonds. The smallest absolute Gasteiger partial charge is 0.308 e. The first-order valence-electron chi connectivity index (χ1n) is 29.8. The van der Waals surface area contributed by atoms with Crippen LogP contribution in [0.3, 0.4) is 0 Å². The van der Waals surface area contributed by atoms with Crippen LogP contribution < -0.4 is 5.73 Å². The maximum atomic E-state index is 14.6. The Hall–Kier alpha value is -1.69. The lowest BCUT2D eigenvalue weighted by atomic mass is 9.78. The molecule has 3 spiro atoms. The van der Waals surface area contributed by atoms with Gasteiger partial charge in [-0.25, -0.2) is 0 Å². The quantitative estimate of drug-likeness (QED) is 0.258. The highest BCUT2D eigenvalue weighted by molar-refractivity contribution is 5.70. The minimum absolute atomic E-state index is 0.00857. The number of carbonyl (C=O) groups excluding carboxylic acids is 1. The molecule has 12 bridgehead atoms. The summed E-state index contributed by atoms with van der Waals surface area (Å²) in [5, 5.41) is 10.9. The Balaban J connectivity index is 0.669. The molecule has 0 aromatic rings. The van der Waals surface area contributed by atoms with E-state index in [4.69, 9.17) is 76.8 Å². The molecule has 0 aliphatic carbocycles. The number of ether oxygens (including phenoxy) is 15. The third-order valence-corrected chi connectivity index (χ3v) is 21.4. The average Bonchev–Trinajstić information content (AvgIpc) is 4.36. The Morgan fingerprint density at radius 3 is 2.03 bits per heavy atom. The Morgan fingerprint density at radius 1 is 0.500 bits per heavy atom. The molecule has 422 valence electrons. The van der Waals surface area contributed by atoms with Crippen molar-refractivity contribution in [1.29, 1.82) is 0 Å². The Morgan fingerprint density at radius 2 is 1.17 bits per heavy atom. The van der Waals surface area contributed by atoms with Gasteiger partial charge in [-0.05, 0) is 73.8 Å². The number of esters is 1. The second-order valence-corrected chi connectivity index (χ2v) is 26.7. The molecule has 18 heteroatoms. The average molecular weight is 1070 g/mol. The second kappa shape index (κ2) is 18.9. The highest BCUT2D eigenvalue weighted by atomic mass is 16.8. The van der Waals surface area contributed by atoms with Gasteiger partial charge in [-0.2, -0.15) is 0 Å². The van der Waals surface area contributed by atoms with E-state index in [9.17, 15) is 9.90 Å². The summed E-state index contributed by atoms with van der Waals surface area (Å²) in [5.74, 6) is -2.57. The summed E-state index contributed by atoms with van der Waals surface area (Å²) >= 11 is 0. The van der Waals surface area contributed by atoms with Crippen LogP contribution in [-0.4, -0.2) is 181 Å². The molecule has 0 aromatic carbocycles. The van der Waals surface area contributed by atoms with E-state index in [-0.39, 0.29) is 152 Å². The van der Waals surface area contributed by atoms with E-state index in [1.165, 1.54) is 0 Å². The summed E-state index contributed by atoms with van der Waals surface area (Å²) < 4.78 is 103. The number of aliphatic hydroxyl groups is 1. The standard InChI is InChI=1S/C58H83NO17/c1-25-13-31-7-9-35-26(2)14-33(62-35)11-12-56-22-43-52(75-56)53-54(68-43)55(76-56)51-36(66-53)10-8-32(64-51)15-46(61)70-50-30(6)49-40(65-39(50)17-37(63-31)29(25)5)18-38-42(67-49)21-58(71-38)23-44-48(74-58)28(4)20-57(73-44)19-27(3)47-41(72-57)16-34(60)45(24-59)69-47/h25,27-28,30-45,47-55,60H,2,5,7-24,59H2,1,3-4,6H3/t25-,27+,28+,30+,31+,32-,33?,34-,35+,36+,37-,38-,39+,40+,41+,42-,43-,44+,45-,47+,48+,49+,50-,51+,52+,53+,54-,55+,56+,57-,58+/m1/s1. The van der Waals surface area contributed by atoms with Crippen molar-refractivity contribution < 1.29 is 81.0 Å². The zero-order chi connectivity index (χ0) is 51.7. The largest absolute Gasteiger partial charge is 0.459 e. The van der Waals surface area contributed by atoms with Gasteiger partial charge in [-0.3, -0.25) is 4.79 Å². The number of nitrogens with two attached hydrogens (primary N) is 1. The summed E-state index contributed by atoms with van der Waals surface area (Å²) in [6, 6.07) is 0. The molecule has 16 aliphatic heterocycles. The topological polar surface area (TPSA) is 202 Å². The van der Waals surface area contributed by atoms with Crippen LogP contribution in [0.5, 0.6) is 0 Å². The monoisotopic (exact) mass is 1070 g/mol. The molecular weight excluding hydrogens is 983 g/mol. The number of hydrogen-bond donors (Lipinski definition) is 2. The zero-order valence-corrected chi connectivity index (χ0v) is 44.9. The lowest BCUT2D eigenvalue weighted by Gasteiger charge is -2.54. The van der Waals surface area contributed by atoms with E-state index in [0.29, 0.717) is 64.2 Å².